The van der Waals surface area contributed by atoms with Gasteiger partial charge in [0.2, 0.25) is 23.6 Å². The molecule has 182 valence electrons. The second-order valence-corrected chi connectivity index (χ2v) is 7.83. The van der Waals surface area contributed by atoms with Gasteiger partial charge in [0.15, 0.2) is 0 Å². The van der Waals surface area contributed by atoms with Crippen molar-refractivity contribution in [3.63, 3.8) is 0 Å². The van der Waals surface area contributed by atoms with E-state index >= 15 is 0 Å². The number of carboxylic acid groups (broad SMARTS) is 1. The van der Waals surface area contributed by atoms with Crippen LogP contribution in [0.3, 0.4) is 0 Å². The maximum Gasteiger partial charge on any atom is 0.328 e. The minimum Gasteiger partial charge on any atom is -0.480 e. The van der Waals surface area contributed by atoms with Crippen molar-refractivity contribution in [2.45, 2.75) is 50.9 Å². The molecule has 1 aromatic rings. The summed E-state index contributed by atoms with van der Waals surface area (Å²) in [6.07, 6.45) is -0.574. The lowest BCUT2D eigenvalue weighted by molar-refractivity contribution is -0.143. The van der Waals surface area contributed by atoms with Crippen molar-refractivity contribution < 1.29 is 34.2 Å². The Morgan fingerprint density at radius 2 is 1.39 bits per heavy atom. The number of nitrogens with two attached hydrogens (primary N) is 2. The highest BCUT2D eigenvalue weighted by atomic mass is 16.4. The minimum absolute atomic E-state index is 0.0581. The summed E-state index contributed by atoms with van der Waals surface area (Å²) in [4.78, 5) is 60.5. The van der Waals surface area contributed by atoms with E-state index in [2.05, 4.69) is 10.6 Å². The number of aliphatic carboxylic acids is 1. The summed E-state index contributed by atoms with van der Waals surface area (Å²) < 4.78 is 0. The van der Waals surface area contributed by atoms with Crippen LogP contribution >= 0.6 is 0 Å². The Labute approximate surface area is 191 Å². The number of aliphatic hydroxyl groups is 1. The first kappa shape index (κ1) is 27.5. The highest BCUT2D eigenvalue weighted by Gasteiger charge is 2.31. The molecule has 33 heavy (non-hydrogen) atoms. The van der Waals surface area contributed by atoms with E-state index in [0.29, 0.717) is 5.56 Å². The quantitative estimate of drug-likeness (QED) is 0.167. The maximum absolute atomic E-state index is 13.0. The largest absolute Gasteiger partial charge is 0.480 e. The van der Waals surface area contributed by atoms with Gasteiger partial charge in [-0.2, -0.15) is 0 Å². The zero-order chi connectivity index (χ0) is 25.1. The molecule has 1 aromatic carbocycles. The predicted molar refractivity (Wildman–Crippen MR) is 117 cm³/mol. The molecule has 12 heteroatoms. The van der Waals surface area contributed by atoms with Gasteiger partial charge in [-0.1, -0.05) is 44.2 Å². The Morgan fingerprint density at radius 1 is 0.879 bits per heavy atom. The van der Waals surface area contributed by atoms with Gasteiger partial charge < -0.3 is 37.6 Å². The Kier molecular flexibility index (Phi) is 11.0. The van der Waals surface area contributed by atoms with Crippen LogP contribution in [0, 0.1) is 5.92 Å². The number of carbonyl (C=O) groups excluding carboxylic acids is 4. The van der Waals surface area contributed by atoms with E-state index in [0.717, 1.165) is 0 Å². The molecule has 0 aliphatic heterocycles. The van der Waals surface area contributed by atoms with Gasteiger partial charge in [-0.3, -0.25) is 19.2 Å². The van der Waals surface area contributed by atoms with Crippen LogP contribution in [-0.4, -0.2) is 70.6 Å². The second kappa shape index (κ2) is 13.1. The summed E-state index contributed by atoms with van der Waals surface area (Å²) in [5, 5.41) is 25.0. The molecule has 1 rings (SSSR count). The molecule has 0 spiro atoms. The van der Waals surface area contributed by atoms with E-state index in [-0.39, 0.29) is 12.3 Å². The molecule has 0 bridgehead atoms. The molecule has 0 fully saturated rings. The first-order chi connectivity index (χ1) is 15.5. The Morgan fingerprint density at radius 3 is 1.88 bits per heavy atom. The number of primary amides is 1. The van der Waals surface area contributed by atoms with Crippen molar-refractivity contribution in [3.8, 4) is 0 Å². The number of hydrogen-bond donors (Lipinski definition) is 7. The van der Waals surface area contributed by atoms with E-state index in [1.54, 1.807) is 44.2 Å². The number of aliphatic hydroxyl groups excluding tert-OH is 1. The van der Waals surface area contributed by atoms with Crippen molar-refractivity contribution >= 4 is 29.6 Å². The monoisotopic (exact) mass is 465 g/mol. The van der Waals surface area contributed by atoms with E-state index < -0.39 is 66.8 Å². The summed E-state index contributed by atoms with van der Waals surface area (Å²) >= 11 is 0. The summed E-state index contributed by atoms with van der Waals surface area (Å²) in [7, 11) is 0. The third kappa shape index (κ3) is 9.25. The molecular formula is C21H31N5O7. The van der Waals surface area contributed by atoms with Gasteiger partial charge in [-0.05, 0) is 11.5 Å². The zero-order valence-corrected chi connectivity index (χ0v) is 18.5. The van der Waals surface area contributed by atoms with Crippen LogP contribution in [0.4, 0.5) is 0 Å². The molecule has 4 unspecified atom stereocenters. The summed E-state index contributed by atoms with van der Waals surface area (Å²) in [6, 6.07) is 3.53. The molecule has 0 saturated heterocycles. The number of nitrogens with one attached hydrogen (secondary N) is 3. The Bertz CT molecular complexity index is 847. The van der Waals surface area contributed by atoms with Crippen LogP contribution in [0.15, 0.2) is 30.3 Å². The smallest absolute Gasteiger partial charge is 0.328 e. The minimum atomic E-state index is -1.64. The van der Waals surface area contributed by atoms with E-state index in [9.17, 15) is 24.0 Å². The third-order valence-corrected chi connectivity index (χ3v) is 4.77. The first-order valence-corrected chi connectivity index (χ1v) is 10.3. The molecule has 4 atom stereocenters. The van der Waals surface area contributed by atoms with Gasteiger partial charge in [-0.25, -0.2) is 4.79 Å². The normalized spacial score (nSPS) is 14.5. The van der Waals surface area contributed by atoms with Crippen molar-refractivity contribution in [2.75, 3.05) is 6.61 Å². The number of benzene rings is 1. The highest BCUT2D eigenvalue weighted by molar-refractivity contribution is 5.96. The molecule has 0 radical (unpaired) electrons. The number of amides is 4. The predicted octanol–water partition coefficient (Wildman–Crippen LogP) is -2.38. The van der Waals surface area contributed by atoms with Gasteiger partial charge in [0.05, 0.1) is 19.1 Å². The first-order valence-electron chi connectivity index (χ1n) is 10.3. The summed E-state index contributed by atoms with van der Waals surface area (Å²) in [5.74, 6) is -5.06. The topological polar surface area (TPSA) is 214 Å². The van der Waals surface area contributed by atoms with Gasteiger partial charge in [0, 0.05) is 6.42 Å². The number of rotatable bonds is 13. The maximum atomic E-state index is 13.0. The summed E-state index contributed by atoms with van der Waals surface area (Å²) in [6.45, 7) is 2.58. The fourth-order valence-corrected chi connectivity index (χ4v) is 2.77. The Balaban J connectivity index is 3.09. The second-order valence-electron chi connectivity index (χ2n) is 7.83. The fraction of sp³-hybridized carbons (Fsp3) is 0.476. The lowest BCUT2D eigenvalue weighted by atomic mass is 10.0. The number of carboxylic acids is 1. The number of carbonyl (C=O) groups is 5. The van der Waals surface area contributed by atoms with Crippen molar-refractivity contribution in [1.29, 1.82) is 0 Å². The zero-order valence-electron chi connectivity index (χ0n) is 18.5. The third-order valence-electron chi connectivity index (χ3n) is 4.77. The van der Waals surface area contributed by atoms with E-state index in [1.807, 2.05) is 5.32 Å². The molecule has 12 nitrogen and oxygen atoms in total. The van der Waals surface area contributed by atoms with Gasteiger partial charge in [-0.15, -0.1) is 0 Å². The van der Waals surface area contributed by atoms with Crippen LogP contribution in [-0.2, 0) is 30.4 Å². The average Bonchev–Trinajstić information content (AvgIpc) is 2.75. The van der Waals surface area contributed by atoms with E-state index in [1.165, 1.54) is 0 Å². The van der Waals surface area contributed by atoms with Gasteiger partial charge >= 0.3 is 5.97 Å². The fourth-order valence-electron chi connectivity index (χ4n) is 2.77. The standard InChI is InChI=1S/C21H31N5O7/c1-11(2)17(23)20(31)25-13(8-12-6-4-3-5-7-12)18(29)24-14(9-16(22)28)19(30)26-15(10-27)21(32)33/h3-7,11,13-15,17,27H,8-10,23H2,1-2H3,(H2,22,28)(H,24,29)(H,25,31)(H,26,30)(H,32,33). The average molecular weight is 466 g/mol. The van der Waals surface area contributed by atoms with Crippen molar-refractivity contribution in [3.05, 3.63) is 35.9 Å². The van der Waals surface area contributed by atoms with Gasteiger partial charge in [0.25, 0.3) is 0 Å². The highest BCUT2D eigenvalue weighted by Crippen LogP contribution is 2.07. The lowest BCUT2D eigenvalue weighted by Gasteiger charge is -2.25. The lowest BCUT2D eigenvalue weighted by Crippen LogP contribution is -2.58. The molecule has 0 aliphatic rings. The van der Waals surface area contributed by atoms with Crippen LogP contribution in [0.5, 0.6) is 0 Å². The van der Waals surface area contributed by atoms with Crippen LogP contribution in [0.1, 0.15) is 25.8 Å². The van der Waals surface area contributed by atoms with Crippen LogP contribution in [0.25, 0.3) is 0 Å². The van der Waals surface area contributed by atoms with Crippen LogP contribution in [0.2, 0.25) is 0 Å². The summed E-state index contributed by atoms with van der Waals surface area (Å²) in [5.41, 5.74) is 11.7. The van der Waals surface area contributed by atoms with Crippen molar-refractivity contribution in [1.82, 2.24) is 16.0 Å². The molecular weight excluding hydrogens is 434 g/mol. The number of hydrogen-bond acceptors (Lipinski definition) is 7. The molecule has 0 aliphatic carbocycles. The molecule has 0 heterocycles. The van der Waals surface area contributed by atoms with Gasteiger partial charge in [0.1, 0.15) is 18.1 Å². The van der Waals surface area contributed by atoms with E-state index in [4.69, 9.17) is 21.7 Å². The molecule has 0 saturated carbocycles. The SMILES string of the molecule is CC(C)C(N)C(=O)NC(Cc1ccccc1)C(=O)NC(CC(N)=O)C(=O)NC(CO)C(=O)O. The van der Waals surface area contributed by atoms with Crippen LogP contribution < -0.4 is 27.4 Å². The molecule has 0 aromatic heterocycles. The molecule has 4 amide bonds. The Hall–Kier alpha value is -3.51. The van der Waals surface area contributed by atoms with Crippen molar-refractivity contribution in [2.24, 2.45) is 17.4 Å². The molecule has 9 N–H and O–H groups in total.